The number of hydrogen-bond acceptors (Lipinski definition) is 4. The zero-order chi connectivity index (χ0) is 18.7. The first-order chi connectivity index (χ1) is 12.5. The Kier molecular flexibility index (Phi) is 5.78. The van der Waals surface area contributed by atoms with Crippen LogP contribution in [0.5, 0.6) is 0 Å². The lowest BCUT2D eigenvalue weighted by molar-refractivity contribution is 0.0832. The number of rotatable bonds is 5. The Balaban J connectivity index is 1.72. The van der Waals surface area contributed by atoms with E-state index in [1.54, 1.807) is 19.0 Å². The molecule has 1 aromatic carbocycles. The minimum Gasteiger partial charge on any atom is -0.380 e. The Morgan fingerprint density at radius 1 is 1.35 bits per heavy atom. The monoisotopic (exact) mass is 375 g/mol. The van der Waals surface area contributed by atoms with Crippen LogP contribution < -0.4 is 5.32 Å². The Morgan fingerprint density at radius 2 is 2.15 bits per heavy atom. The predicted molar refractivity (Wildman–Crippen MR) is 105 cm³/mol. The normalized spacial score (nSPS) is 16.9. The molecule has 2 aromatic rings. The van der Waals surface area contributed by atoms with Crippen LogP contribution in [0.15, 0.2) is 24.3 Å². The van der Waals surface area contributed by atoms with Gasteiger partial charge in [0.2, 0.25) is 0 Å². The second-order valence-corrected chi connectivity index (χ2v) is 7.73. The van der Waals surface area contributed by atoms with Gasteiger partial charge >= 0.3 is 6.03 Å². The zero-order valence-electron chi connectivity index (χ0n) is 15.4. The first kappa shape index (κ1) is 18.7. The first-order valence-corrected chi connectivity index (χ1v) is 9.72. The summed E-state index contributed by atoms with van der Waals surface area (Å²) in [6.07, 6.45) is 1.98. The number of nitrogens with one attached hydrogen (secondary N) is 1. The van der Waals surface area contributed by atoms with Crippen LogP contribution >= 0.6 is 11.3 Å². The number of fused-ring (bicyclic) bond motifs is 1. The molecule has 1 N–H and O–H groups in total. The summed E-state index contributed by atoms with van der Waals surface area (Å²) in [4.78, 5) is 28.9. The van der Waals surface area contributed by atoms with E-state index >= 15 is 0 Å². The number of ether oxygens (including phenoxy) is 1. The molecule has 6 nitrogen and oxygen atoms in total. The minimum absolute atomic E-state index is 0.00683. The van der Waals surface area contributed by atoms with Gasteiger partial charge in [0.05, 0.1) is 17.5 Å². The van der Waals surface area contributed by atoms with Crippen molar-refractivity contribution in [2.75, 3.05) is 39.2 Å². The summed E-state index contributed by atoms with van der Waals surface area (Å²) in [5.41, 5.74) is 0.742. The summed E-state index contributed by atoms with van der Waals surface area (Å²) in [7, 11) is 3.49. The van der Waals surface area contributed by atoms with Gasteiger partial charge in [0, 0.05) is 37.6 Å². The van der Waals surface area contributed by atoms with Crippen LogP contribution in [0.4, 0.5) is 10.5 Å². The van der Waals surface area contributed by atoms with Gasteiger partial charge in [-0.15, -0.1) is 11.3 Å². The van der Waals surface area contributed by atoms with Crippen LogP contribution in [0.3, 0.4) is 0 Å². The molecule has 3 amide bonds. The average Bonchev–Trinajstić information content (AvgIpc) is 3.25. The molecule has 0 aliphatic carbocycles. The standard InChI is InChI=1S/C19H25N3O3S/c1-4-25-12-15-6-5-9-22(15)19(24)20-14-7-8-16-13(10-14)11-17(26-16)18(23)21(2)3/h7-8,10-11,15H,4-6,9,12H2,1-3H3,(H,20,24)/t15-/m0/s1. The smallest absolute Gasteiger partial charge is 0.322 e. The molecule has 26 heavy (non-hydrogen) atoms. The summed E-state index contributed by atoms with van der Waals surface area (Å²) in [6, 6.07) is 7.68. The van der Waals surface area contributed by atoms with Gasteiger partial charge in [-0.25, -0.2) is 4.79 Å². The van der Waals surface area contributed by atoms with Gasteiger partial charge < -0.3 is 19.9 Å². The van der Waals surface area contributed by atoms with Crippen LogP contribution in [0.25, 0.3) is 10.1 Å². The van der Waals surface area contributed by atoms with Crippen molar-refractivity contribution in [1.29, 1.82) is 0 Å². The van der Waals surface area contributed by atoms with Crippen LogP contribution in [0, 0.1) is 0 Å². The largest absolute Gasteiger partial charge is 0.380 e. The van der Waals surface area contributed by atoms with Crippen molar-refractivity contribution < 1.29 is 14.3 Å². The number of benzene rings is 1. The zero-order valence-corrected chi connectivity index (χ0v) is 16.3. The first-order valence-electron chi connectivity index (χ1n) is 8.90. The van der Waals surface area contributed by atoms with Gasteiger partial charge in [0.25, 0.3) is 5.91 Å². The number of amides is 3. The van der Waals surface area contributed by atoms with E-state index in [1.165, 1.54) is 11.3 Å². The molecule has 0 spiro atoms. The Hall–Kier alpha value is -2.12. The average molecular weight is 375 g/mol. The lowest BCUT2D eigenvalue weighted by atomic mass is 10.2. The molecule has 1 atom stereocenters. The molecule has 7 heteroatoms. The van der Waals surface area contributed by atoms with Crippen molar-refractivity contribution in [3.8, 4) is 0 Å². The lowest BCUT2D eigenvalue weighted by Crippen LogP contribution is -2.41. The maximum absolute atomic E-state index is 12.6. The number of carbonyl (C=O) groups excluding carboxylic acids is 2. The molecule has 0 unspecified atom stereocenters. The van der Waals surface area contributed by atoms with Gasteiger partial charge in [-0.3, -0.25) is 4.79 Å². The molecule has 140 valence electrons. The predicted octanol–water partition coefficient (Wildman–Crippen LogP) is 3.64. The fourth-order valence-electron chi connectivity index (χ4n) is 3.17. The number of nitrogens with zero attached hydrogens (tertiary/aromatic N) is 2. The quantitative estimate of drug-likeness (QED) is 0.868. The molecule has 2 heterocycles. The second-order valence-electron chi connectivity index (χ2n) is 6.64. The molecule has 1 aromatic heterocycles. The molecular weight excluding hydrogens is 350 g/mol. The molecule has 3 rings (SSSR count). The lowest BCUT2D eigenvalue weighted by Gasteiger charge is -2.24. The van der Waals surface area contributed by atoms with Crippen molar-refractivity contribution in [2.45, 2.75) is 25.8 Å². The maximum Gasteiger partial charge on any atom is 0.322 e. The second kappa shape index (κ2) is 8.05. The highest BCUT2D eigenvalue weighted by Crippen LogP contribution is 2.29. The molecule has 1 fully saturated rings. The van der Waals surface area contributed by atoms with Crippen molar-refractivity contribution >= 4 is 39.0 Å². The summed E-state index contributed by atoms with van der Waals surface area (Å²) < 4.78 is 6.53. The topological polar surface area (TPSA) is 61.9 Å². The Bertz CT molecular complexity index is 802. The van der Waals surface area contributed by atoms with Gasteiger partial charge in [-0.1, -0.05) is 0 Å². The summed E-state index contributed by atoms with van der Waals surface area (Å²) in [5, 5.41) is 3.95. The molecular formula is C19H25N3O3S. The van der Waals surface area contributed by atoms with Crippen LogP contribution in [0.1, 0.15) is 29.4 Å². The number of hydrogen-bond donors (Lipinski definition) is 1. The third kappa shape index (κ3) is 3.99. The molecule has 0 saturated carbocycles. The van der Waals surface area contributed by atoms with Crippen molar-refractivity contribution in [1.82, 2.24) is 9.80 Å². The van der Waals surface area contributed by atoms with E-state index in [0.717, 1.165) is 35.2 Å². The van der Waals surface area contributed by atoms with E-state index in [-0.39, 0.29) is 18.0 Å². The maximum atomic E-state index is 12.6. The van der Waals surface area contributed by atoms with Gasteiger partial charge in [-0.05, 0) is 49.4 Å². The molecule has 1 saturated heterocycles. The minimum atomic E-state index is -0.0913. The number of likely N-dealkylation sites (tertiary alicyclic amines) is 1. The van der Waals surface area contributed by atoms with E-state index in [0.29, 0.717) is 18.1 Å². The highest BCUT2D eigenvalue weighted by atomic mass is 32.1. The summed E-state index contributed by atoms with van der Waals surface area (Å²) in [5.74, 6) is -0.00683. The number of carbonyl (C=O) groups is 2. The molecule has 0 radical (unpaired) electrons. The van der Waals surface area contributed by atoms with Gasteiger partial charge in [-0.2, -0.15) is 0 Å². The van der Waals surface area contributed by atoms with E-state index in [9.17, 15) is 9.59 Å². The van der Waals surface area contributed by atoms with Crippen molar-refractivity contribution in [2.24, 2.45) is 0 Å². The number of anilines is 1. The van der Waals surface area contributed by atoms with Crippen LogP contribution in [-0.4, -0.2) is 61.6 Å². The van der Waals surface area contributed by atoms with Crippen molar-refractivity contribution in [3.63, 3.8) is 0 Å². The highest BCUT2D eigenvalue weighted by Gasteiger charge is 2.28. The van der Waals surface area contributed by atoms with Crippen LogP contribution in [0.2, 0.25) is 0 Å². The Morgan fingerprint density at radius 3 is 2.88 bits per heavy atom. The number of urea groups is 1. The summed E-state index contributed by atoms with van der Waals surface area (Å²) in [6.45, 7) is 3.97. The SMILES string of the molecule is CCOC[C@@H]1CCCN1C(=O)Nc1ccc2sc(C(=O)N(C)C)cc2c1. The molecule has 1 aliphatic rings. The summed E-state index contributed by atoms with van der Waals surface area (Å²) >= 11 is 1.47. The van der Waals surface area contributed by atoms with Crippen LogP contribution in [-0.2, 0) is 4.74 Å². The van der Waals surface area contributed by atoms with Crippen molar-refractivity contribution in [3.05, 3.63) is 29.1 Å². The van der Waals surface area contributed by atoms with E-state index in [4.69, 9.17) is 4.74 Å². The van der Waals surface area contributed by atoms with Gasteiger partial charge in [0.1, 0.15) is 0 Å². The van der Waals surface area contributed by atoms with E-state index < -0.39 is 0 Å². The third-order valence-corrected chi connectivity index (χ3v) is 5.64. The Labute approximate surface area is 157 Å². The van der Waals surface area contributed by atoms with Gasteiger partial charge in [0.15, 0.2) is 0 Å². The highest BCUT2D eigenvalue weighted by molar-refractivity contribution is 7.20. The van der Waals surface area contributed by atoms with E-state index in [2.05, 4.69) is 5.32 Å². The molecule has 0 bridgehead atoms. The fourth-order valence-corrected chi connectivity index (χ4v) is 4.24. The van der Waals surface area contributed by atoms with E-state index in [1.807, 2.05) is 36.1 Å². The fraction of sp³-hybridized carbons (Fsp3) is 0.474. The molecule has 1 aliphatic heterocycles. The number of thiophene rings is 1. The third-order valence-electron chi connectivity index (χ3n) is 4.54.